The fraction of sp³-hybridized carbons (Fsp3) is 0.143. The lowest BCUT2D eigenvalue weighted by Gasteiger charge is -2.19. The number of aromatic nitrogens is 1. The maximum atomic E-state index is 13.1. The van der Waals surface area contributed by atoms with Crippen molar-refractivity contribution in [3.05, 3.63) is 59.7 Å². The Kier molecular flexibility index (Phi) is 3.75. The summed E-state index contributed by atoms with van der Waals surface area (Å²) in [6.07, 6.45) is 1.49. The monoisotopic (exact) mass is 260 g/mol. The number of carboxylic acids is 1. The summed E-state index contributed by atoms with van der Waals surface area (Å²) in [5.74, 6) is -1.33. The summed E-state index contributed by atoms with van der Waals surface area (Å²) in [5.41, 5.74) is 1.61. The number of hydrogen-bond donors (Lipinski definition) is 1. The van der Waals surface area contributed by atoms with Gasteiger partial charge in [-0.25, -0.2) is 14.2 Å². The first-order chi connectivity index (χ1) is 9.06. The van der Waals surface area contributed by atoms with Gasteiger partial charge in [-0.2, -0.15) is 0 Å². The molecule has 0 bridgehead atoms. The van der Waals surface area contributed by atoms with Crippen molar-refractivity contribution < 1.29 is 14.3 Å². The Labute approximate surface area is 110 Å². The molecule has 0 aliphatic carbocycles. The minimum atomic E-state index is -1.06. The molecular weight excluding hydrogens is 247 g/mol. The number of pyridine rings is 1. The molecule has 0 spiro atoms. The van der Waals surface area contributed by atoms with E-state index in [1.165, 1.54) is 24.4 Å². The van der Waals surface area contributed by atoms with E-state index in [0.717, 1.165) is 11.3 Å². The number of benzene rings is 1. The van der Waals surface area contributed by atoms with Crippen molar-refractivity contribution >= 4 is 11.7 Å². The van der Waals surface area contributed by atoms with E-state index in [1.54, 1.807) is 12.1 Å². The van der Waals surface area contributed by atoms with Crippen molar-refractivity contribution in [1.82, 2.24) is 4.98 Å². The van der Waals surface area contributed by atoms with Crippen LogP contribution in [0.3, 0.4) is 0 Å². The maximum Gasteiger partial charge on any atom is 0.354 e. The summed E-state index contributed by atoms with van der Waals surface area (Å²) in [7, 11) is 1.84. The van der Waals surface area contributed by atoms with Gasteiger partial charge in [0.25, 0.3) is 0 Å². The fourth-order valence-corrected chi connectivity index (χ4v) is 1.74. The lowest BCUT2D eigenvalue weighted by atomic mass is 10.2. The lowest BCUT2D eigenvalue weighted by molar-refractivity contribution is 0.0690. The van der Waals surface area contributed by atoms with E-state index in [-0.39, 0.29) is 11.5 Å². The normalized spacial score (nSPS) is 10.2. The summed E-state index contributed by atoms with van der Waals surface area (Å²) in [6.45, 7) is 0.520. The summed E-state index contributed by atoms with van der Waals surface area (Å²) < 4.78 is 13.1. The van der Waals surface area contributed by atoms with Crippen LogP contribution in [0.1, 0.15) is 16.1 Å². The Balaban J connectivity index is 2.11. The summed E-state index contributed by atoms with van der Waals surface area (Å²) >= 11 is 0. The van der Waals surface area contributed by atoms with E-state index in [2.05, 4.69) is 4.98 Å². The Hall–Kier alpha value is -2.43. The van der Waals surface area contributed by atoms with Gasteiger partial charge in [0.1, 0.15) is 11.5 Å². The second-order valence-corrected chi connectivity index (χ2v) is 4.19. The zero-order valence-electron chi connectivity index (χ0n) is 10.4. The molecule has 1 aromatic carbocycles. The molecule has 1 heterocycles. The highest BCUT2D eigenvalue weighted by Crippen LogP contribution is 2.15. The molecule has 0 aliphatic rings. The van der Waals surface area contributed by atoms with E-state index in [9.17, 15) is 9.18 Å². The number of hydrogen-bond acceptors (Lipinski definition) is 3. The lowest BCUT2D eigenvalue weighted by Crippen LogP contribution is -2.17. The van der Waals surface area contributed by atoms with Crippen molar-refractivity contribution in [2.45, 2.75) is 6.54 Å². The average molecular weight is 260 g/mol. The van der Waals surface area contributed by atoms with Crippen molar-refractivity contribution in [3.8, 4) is 0 Å². The van der Waals surface area contributed by atoms with Crippen LogP contribution in [-0.4, -0.2) is 23.1 Å². The van der Waals surface area contributed by atoms with Crippen molar-refractivity contribution in [1.29, 1.82) is 0 Å². The van der Waals surface area contributed by atoms with E-state index < -0.39 is 5.97 Å². The van der Waals surface area contributed by atoms with Gasteiger partial charge in [-0.3, -0.25) is 0 Å². The molecule has 0 unspecified atom stereocenters. The first-order valence-electron chi connectivity index (χ1n) is 5.71. The molecule has 98 valence electrons. The van der Waals surface area contributed by atoms with Crippen LogP contribution in [-0.2, 0) is 6.54 Å². The SMILES string of the molecule is CN(Cc1cccc(F)c1)c1ccc(C(=O)O)nc1. The predicted octanol–water partition coefficient (Wildman–Crippen LogP) is 2.56. The number of nitrogens with zero attached hydrogens (tertiary/aromatic N) is 2. The van der Waals surface area contributed by atoms with E-state index >= 15 is 0 Å². The predicted molar refractivity (Wildman–Crippen MR) is 69.7 cm³/mol. The quantitative estimate of drug-likeness (QED) is 0.917. The molecule has 0 amide bonds. The Morgan fingerprint density at radius 1 is 1.37 bits per heavy atom. The highest BCUT2D eigenvalue weighted by atomic mass is 19.1. The van der Waals surface area contributed by atoms with Gasteiger partial charge in [-0.05, 0) is 29.8 Å². The van der Waals surface area contributed by atoms with Gasteiger partial charge in [-0.15, -0.1) is 0 Å². The molecule has 0 saturated carbocycles. The molecule has 0 saturated heterocycles. The summed E-state index contributed by atoms with van der Waals surface area (Å²) in [5, 5.41) is 8.76. The largest absolute Gasteiger partial charge is 0.477 e. The fourth-order valence-electron chi connectivity index (χ4n) is 1.74. The molecule has 4 nitrogen and oxygen atoms in total. The van der Waals surface area contributed by atoms with Crippen LogP contribution in [0.15, 0.2) is 42.6 Å². The molecule has 0 fully saturated rings. The Bertz CT molecular complexity index is 584. The first kappa shape index (κ1) is 13.0. The average Bonchev–Trinajstić information content (AvgIpc) is 2.39. The standard InChI is InChI=1S/C14H13FN2O2/c1-17(9-10-3-2-4-11(15)7-10)12-5-6-13(14(18)19)16-8-12/h2-8H,9H2,1H3,(H,18,19). The summed E-state index contributed by atoms with van der Waals surface area (Å²) in [4.78, 5) is 16.4. The molecular formula is C14H13FN2O2. The first-order valence-corrected chi connectivity index (χ1v) is 5.71. The molecule has 1 aromatic heterocycles. The minimum Gasteiger partial charge on any atom is -0.477 e. The van der Waals surface area contributed by atoms with Crippen LogP contribution in [0.2, 0.25) is 0 Å². The second-order valence-electron chi connectivity index (χ2n) is 4.19. The van der Waals surface area contributed by atoms with Crippen LogP contribution < -0.4 is 4.90 Å². The van der Waals surface area contributed by atoms with Crippen LogP contribution in [0.25, 0.3) is 0 Å². The summed E-state index contributed by atoms with van der Waals surface area (Å²) in [6, 6.07) is 9.47. The molecule has 0 atom stereocenters. The number of rotatable bonds is 4. The van der Waals surface area contributed by atoms with Gasteiger partial charge < -0.3 is 10.0 Å². The van der Waals surface area contributed by atoms with E-state index in [1.807, 2.05) is 18.0 Å². The molecule has 19 heavy (non-hydrogen) atoms. The Morgan fingerprint density at radius 3 is 2.74 bits per heavy atom. The smallest absolute Gasteiger partial charge is 0.354 e. The van der Waals surface area contributed by atoms with Crippen LogP contribution >= 0.6 is 0 Å². The van der Waals surface area contributed by atoms with Crippen molar-refractivity contribution in [2.24, 2.45) is 0 Å². The van der Waals surface area contributed by atoms with Gasteiger partial charge in [0.15, 0.2) is 0 Å². The van der Waals surface area contributed by atoms with Crippen LogP contribution in [0, 0.1) is 5.82 Å². The third kappa shape index (κ3) is 3.28. The van der Waals surface area contributed by atoms with Crippen LogP contribution in [0.4, 0.5) is 10.1 Å². The van der Waals surface area contributed by atoms with Gasteiger partial charge >= 0.3 is 5.97 Å². The Morgan fingerprint density at radius 2 is 2.16 bits per heavy atom. The molecule has 0 radical (unpaired) electrons. The zero-order chi connectivity index (χ0) is 13.8. The second kappa shape index (κ2) is 5.48. The third-order valence-corrected chi connectivity index (χ3v) is 2.72. The highest BCUT2D eigenvalue weighted by Gasteiger charge is 2.07. The third-order valence-electron chi connectivity index (χ3n) is 2.72. The van der Waals surface area contributed by atoms with Gasteiger partial charge in [-0.1, -0.05) is 12.1 Å². The molecule has 1 N–H and O–H groups in total. The number of halogens is 1. The van der Waals surface area contributed by atoms with E-state index in [0.29, 0.717) is 6.54 Å². The molecule has 0 aliphatic heterocycles. The van der Waals surface area contributed by atoms with Gasteiger partial charge in [0.2, 0.25) is 0 Å². The molecule has 2 aromatic rings. The highest BCUT2D eigenvalue weighted by molar-refractivity contribution is 5.85. The molecule has 2 rings (SSSR count). The van der Waals surface area contributed by atoms with Crippen LogP contribution in [0.5, 0.6) is 0 Å². The van der Waals surface area contributed by atoms with Crippen molar-refractivity contribution in [3.63, 3.8) is 0 Å². The molecule has 5 heteroatoms. The number of carboxylic acid groups (broad SMARTS) is 1. The van der Waals surface area contributed by atoms with Crippen molar-refractivity contribution in [2.75, 3.05) is 11.9 Å². The number of carbonyl (C=O) groups is 1. The van der Waals surface area contributed by atoms with Gasteiger partial charge in [0.05, 0.1) is 11.9 Å². The number of aromatic carboxylic acids is 1. The van der Waals surface area contributed by atoms with Gasteiger partial charge in [0, 0.05) is 13.6 Å². The number of anilines is 1. The minimum absolute atomic E-state index is 0.00269. The van der Waals surface area contributed by atoms with E-state index in [4.69, 9.17) is 5.11 Å². The maximum absolute atomic E-state index is 13.1. The topological polar surface area (TPSA) is 53.4 Å². The zero-order valence-corrected chi connectivity index (χ0v) is 10.4.